The molecule has 0 spiro atoms. The summed E-state index contributed by atoms with van der Waals surface area (Å²) in [5.74, 6) is 1.11. The smallest absolute Gasteiger partial charge is 0.178 e. The Morgan fingerprint density at radius 3 is 2.21 bits per heavy atom. The summed E-state index contributed by atoms with van der Waals surface area (Å²) in [7, 11) is -3.10. The second-order valence-electron chi connectivity index (χ2n) is 5.23. The molecule has 2 atom stereocenters. The van der Waals surface area contributed by atoms with Gasteiger partial charge < -0.3 is 5.73 Å². The van der Waals surface area contributed by atoms with Crippen molar-refractivity contribution in [1.29, 1.82) is 0 Å². The van der Waals surface area contributed by atoms with Gasteiger partial charge in [0.15, 0.2) is 9.84 Å². The van der Waals surface area contributed by atoms with Gasteiger partial charge in [-0.25, -0.2) is 8.42 Å². The van der Waals surface area contributed by atoms with Crippen molar-refractivity contribution in [2.24, 2.45) is 11.7 Å². The van der Waals surface area contributed by atoms with Crippen molar-refractivity contribution in [2.75, 3.05) is 12.3 Å². The van der Waals surface area contributed by atoms with Gasteiger partial charge in [0.2, 0.25) is 0 Å². The zero-order valence-corrected chi connectivity index (χ0v) is 12.9. The third kappa shape index (κ3) is 4.32. The third-order valence-corrected chi connectivity index (χ3v) is 5.65. The molecule has 2 N–H and O–H groups in total. The topological polar surface area (TPSA) is 60.2 Å². The molecule has 1 aromatic carbocycles. The predicted molar refractivity (Wildman–Crippen MR) is 80.0 cm³/mol. The van der Waals surface area contributed by atoms with Crippen LogP contribution >= 0.6 is 0 Å². The van der Waals surface area contributed by atoms with Crippen molar-refractivity contribution in [1.82, 2.24) is 0 Å². The van der Waals surface area contributed by atoms with Crippen LogP contribution in [0.5, 0.6) is 0 Å². The second-order valence-corrected chi connectivity index (χ2v) is 7.34. The second kappa shape index (κ2) is 7.06. The Labute approximate surface area is 117 Å². The number of hydrogen-bond donors (Lipinski definition) is 1. The highest BCUT2D eigenvalue weighted by Gasteiger charge is 2.16. The summed E-state index contributed by atoms with van der Waals surface area (Å²) in [5.41, 5.74) is 6.76. The Morgan fingerprint density at radius 2 is 1.74 bits per heavy atom. The first-order valence-corrected chi connectivity index (χ1v) is 8.60. The fraction of sp³-hybridized carbons (Fsp3) is 0.600. The van der Waals surface area contributed by atoms with Gasteiger partial charge in [0.05, 0.1) is 10.6 Å². The van der Waals surface area contributed by atoms with Crippen LogP contribution in [0.25, 0.3) is 0 Å². The molecule has 4 heteroatoms. The highest BCUT2D eigenvalue weighted by atomic mass is 32.2. The Morgan fingerprint density at radius 1 is 1.16 bits per heavy atom. The fourth-order valence-electron chi connectivity index (χ4n) is 2.21. The molecule has 0 aliphatic rings. The summed E-state index contributed by atoms with van der Waals surface area (Å²) >= 11 is 0. The van der Waals surface area contributed by atoms with E-state index in [2.05, 4.69) is 13.8 Å². The molecule has 0 radical (unpaired) electrons. The maximum absolute atomic E-state index is 11.9. The molecule has 0 saturated carbocycles. The molecule has 0 aromatic heterocycles. The lowest BCUT2D eigenvalue weighted by atomic mass is 9.87. The van der Waals surface area contributed by atoms with Crippen molar-refractivity contribution in [2.45, 2.75) is 44.4 Å². The quantitative estimate of drug-likeness (QED) is 0.837. The molecule has 0 aliphatic carbocycles. The number of hydrogen-bond acceptors (Lipinski definition) is 3. The molecule has 0 fully saturated rings. The Kier molecular flexibility index (Phi) is 6.01. The van der Waals surface area contributed by atoms with E-state index < -0.39 is 9.84 Å². The first-order chi connectivity index (χ1) is 8.92. The van der Waals surface area contributed by atoms with E-state index in [1.165, 1.54) is 5.56 Å². The van der Waals surface area contributed by atoms with E-state index in [1.54, 1.807) is 12.1 Å². The number of nitrogens with two attached hydrogens (primary N) is 1. The third-order valence-electron chi connectivity index (χ3n) is 3.71. The summed E-state index contributed by atoms with van der Waals surface area (Å²) in [4.78, 5) is 0.428. The van der Waals surface area contributed by atoms with E-state index in [4.69, 9.17) is 5.73 Å². The van der Waals surface area contributed by atoms with Crippen LogP contribution in [0.15, 0.2) is 29.2 Å². The van der Waals surface area contributed by atoms with Gasteiger partial charge in [-0.3, -0.25) is 0 Å². The van der Waals surface area contributed by atoms with Crippen LogP contribution < -0.4 is 5.73 Å². The minimum absolute atomic E-state index is 0.214. The number of sulfone groups is 1. The lowest BCUT2D eigenvalue weighted by Crippen LogP contribution is -2.12. The molecule has 0 bridgehead atoms. The fourth-order valence-corrected chi connectivity index (χ4v) is 3.53. The molecular formula is C15H25NO2S. The Hall–Kier alpha value is -0.870. The molecule has 0 heterocycles. The van der Waals surface area contributed by atoms with E-state index in [1.807, 2.05) is 19.1 Å². The molecule has 3 nitrogen and oxygen atoms in total. The normalized spacial score (nSPS) is 15.2. The van der Waals surface area contributed by atoms with Crippen LogP contribution in [0, 0.1) is 5.92 Å². The van der Waals surface area contributed by atoms with Crippen molar-refractivity contribution < 1.29 is 8.42 Å². The minimum atomic E-state index is -3.10. The first-order valence-electron chi connectivity index (χ1n) is 6.95. The maximum Gasteiger partial charge on any atom is 0.178 e. The Bertz CT molecular complexity index is 479. The molecular weight excluding hydrogens is 258 g/mol. The largest absolute Gasteiger partial charge is 0.330 e. The lowest BCUT2D eigenvalue weighted by Gasteiger charge is -2.19. The summed E-state index contributed by atoms with van der Waals surface area (Å²) in [5, 5.41) is 0. The minimum Gasteiger partial charge on any atom is -0.330 e. The van der Waals surface area contributed by atoms with Crippen LogP contribution in [0.1, 0.15) is 45.1 Å². The molecule has 1 rings (SSSR count). The highest BCUT2D eigenvalue weighted by molar-refractivity contribution is 7.91. The molecule has 0 amide bonds. The van der Waals surface area contributed by atoms with Gasteiger partial charge in [-0.2, -0.15) is 0 Å². The van der Waals surface area contributed by atoms with Gasteiger partial charge in [-0.1, -0.05) is 32.9 Å². The van der Waals surface area contributed by atoms with Gasteiger partial charge in [-0.15, -0.1) is 0 Å². The number of rotatable bonds is 7. The van der Waals surface area contributed by atoms with Gasteiger partial charge in [0.1, 0.15) is 0 Å². The lowest BCUT2D eigenvalue weighted by molar-refractivity contribution is 0.459. The summed E-state index contributed by atoms with van der Waals surface area (Å²) in [6, 6.07) is 7.32. The predicted octanol–water partition coefficient (Wildman–Crippen LogP) is 2.96. The summed E-state index contributed by atoms with van der Waals surface area (Å²) in [6.45, 7) is 6.91. The average molecular weight is 283 g/mol. The monoisotopic (exact) mass is 283 g/mol. The van der Waals surface area contributed by atoms with Crippen LogP contribution in [-0.2, 0) is 9.84 Å². The zero-order chi connectivity index (χ0) is 14.5. The van der Waals surface area contributed by atoms with E-state index >= 15 is 0 Å². The van der Waals surface area contributed by atoms with Crippen LogP contribution in [0.2, 0.25) is 0 Å². The zero-order valence-electron chi connectivity index (χ0n) is 12.1. The maximum atomic E-state index is 11.9. The molecule has 1 aromatic rings. The van der Waals surface area contributed by atoms with E-state index in [-0.39, 0.29) is 5.75 Å². The first kappa shape index (κ1) is 16.2. The molecule has 0 saturated heterocycles. The van der Waals surface area contributed by atoms with Crippen molar-refractivity contribution in [3.8, 4) is 0 Å². The molecule has 2 unspecified atom stereocenters. The van der Waals surface area contributed by atoms with E-state index in [0.717, 1.165) is 6.42 Å². The Balaban J connectivity index is 2.87. The van der Waals surface area contributed by atoms with Gasteiger partial charge in [0, 0.05) is 0 Å². The van der Waals surface area contributed by atoms with Gasteiger partial charge in [-0.05, 0) is 48.9 Å². The van der Waals surface area contributed by atoms with Gasteiger partial charge >= 0.3 is 0 Å². The van der Waals surface area contributed by atoms with E-state index in [9.17, 15) is 8.42 Å². The van der Waals surface area contributed by atoms with Gasteiger partial charge in [0.25, 0.3) is 0 Å². The van der Waals surface area contributed by atoms with Crippen LogP contribution in [-0.4, -0.2) is 20.7 Å². The van der Waals surface area contributed by atoms with E-state index in [0.29, 0.717) is 29.7 Å². The highest BCUT2D eigenvalue weighted by Crippen LogP contribution is 2.27. The SMILES string of the molecule is CCCS(=O)(=O)c1ccc(C(C)C(C)CCN)cc1. The van der Waals surface area contributed by atoms with Crippen LogP contribution in [0.3, 0.4) is 0 Å². The standard InChI is InChI=1S/C15H25NO2S/c1-4-11-19(17,18)15-7-5-14(6-8-15)13(3)12(2)9-10-16/h5-8,12-13H,4,9-11,16H2,1-3H3. The van der Waals surface area contributed by atoms with Crippen molar-refractivity contribution >= 4 is 9.84 Å². The average Bonchev–Trinajstić information content (AvgIpc) is 2.38. The van der Waals surface area contributed by atoms with Crippen molar-refractivity contribution in [3.63, 3.8) is 0 Å². The van der Waals surface area contributed by atoms with Crippen molar-refractivity contribution in [3.05, 3.63) is 29.8 Å². The molecule has 108 valence electrons. The summed E-state index contributed by atoms with van der Waals surface area (Å²) < 4.78 is 23.9. The number of benzene rings is 1. The molecule has 0 aliphatic heterocycles. The molecule has 19 heavy (non-hydrogen) atoms. The van der Waals surface area contributed by atoms with Crippen LogP contribution in [0.4, 0.5) is 0 Å². The summed E-state index contributed by atoms with van der Waals surface area (Å²) in [6.07, 6.45) is 1.63.